The largest absolute Gasteiger partial charge is 0.312 e. The Morgan fingerprint density at radius 3 is 2.64 bits per heavy atom. The average molecular weight is 196 g/mol. The number of rotatable bonds is 2. The van der Waals surface area contributed by atoms with Crippen molar-refractivity contribution in [2.45, 2.75) is 45.1 Å². The quantitative estimate of drug-likeness (QED) is 0.725. The molecule has 0 saturated carbocycles. The van der Waals surface area contributed by atoms with Gasteiger partial charge in [0.15, 0.2) is 0 Å². The molecule has 2 atom stereocenters. The van der Waals surface area contributed by atoms with Crippen molar-refractivity contribution in [2.24, 2.45) is 5.92 Å². The highest BCUT2D eigenvalue weighted by Crippen LogP contribution is 2.18. The van der Waals surface area contributed by atoms with Crippen LogP contribution in [0, 0.1) is 5.92 Å². The molecular weight excluding hydrogens is 172 g/mol. The van der Waals surface area contributed by atoms with Crippen LogP contribution in [0.2, 0.25) is 0 Å². The molecule has 0 amide bonds. The average Bonchev–Trinajstić information content (AvgIpc) is 2.23. The van der Waals surface area contributed by atoms with Gasteiger partial charge in [-0.3, -0.25) is 0 Å². The molecule has 0 aromatic rings. The predicted molar refractivity (Wildman–Crippen MR) is 60.5 cm³/mol. The molecule has 0 radical (unpaired) electrons. The van der Waals surface area contributed by atoms with E-state index in [4.69, 9.17) is 0 Å². The summed E-state index contributed by atoms with van der Waals surface area (Å²) in [5.74, 6) is 0.880. The highest BCUT2D eigenvalue weighted by Gasteiger charge is 2.23. The molecule has 2 heterocycles. The number of hydrogen-bond donors (Lipinski definition) is 1. The van der Waals surface area contributed by atoms with E-state index in [-0.39, 0.29) is 0 Å². The minimum absolute atomic E-state index is 0.766. The number of nitrogens with zero attached hydrogens (tertiary/aromatic N) is 1. The fraction of sp³-hybridized carbons (Fsp3) is 1.00. The molecule has 14 heavy (non-hydrogen) atoms. The van der Waals surface area contributed by atoms with Crippen LogP contribution in [0.25, 0.3) is 0 Å². The van der Waals surface area contributed by atoms with E-state index in [0.29, 0.717) is 0 Å². The minimum Gasteiger partial charge on any atom is -0.312 e. The lowest BCUT2D eigenvalue weighted by atomic mass is 9.92. The molecule has 2 aliphatic rings. The standard InChI is InChI=1S/C12H24N2/c1-11-6-5-7-13-12(11)10-14-8-3-2-4-9-14/h11-13H,2-10H2,1H3. The van der Waals surface area contributed by atoms with E-state index >= 15 is 0 Å². The van der Waals surface area contributed by atoms with E-state index in [1.807, 2.05) is 0 Å². The highest BCUT2D eigenvalue weighted by atomic mass is 15.2. The molecular formula is C12H24N2. The molecule has 2 nitrogen and oxygen atoms in total. The molecule has 0 bridgehead atoms. The summed E-state index contributed by atoms with van der Waals surface area (Å²) in [7, 11) is 0. The summed E-state index contributed by atoms with van der Waals surface area (Å²) >= 11 is 0. The fourth-order valence-corrected chi connectivity index (χ4v) is 2.78. The molecule has 2 unspecified atom stereocenters. The second-order valence-electron chi connectivity index (χ2n) is 5.04. The van der Waals surface area contributed by atoms with E-state index < -0.39 is 0 Å². The van der Waals surface area contributed by atoms with Gasteiger partial charge in [-0.05, 0) is 51.2 Å². The Kier molecular flexibility index (Phi) is 3.82. The second-order valence-corrected chi connectivity index (χ2v) is 5.04. The van der Waals surface area contributed by atoms with Crippen LogP contribution in [0.3, 0.4) is 0 Å². The van der Waals surface area contributed by atoms with Gasteiger partial charge < -0.3 is 10.2 Å². The maximum Gasteiger partial charge on any atom is 0.0220 e. The highest BCUT2D eigenvalue weighted by molar-refractivity contribution is 4.82. The zero-order chi connectivity index (χ0) is 9.80. The van der Waals surface area contributed by atoms with Gasteiger partial charge in [0, 0.05) is 12.6 Å². The molecule has 0 spiro atoms. The third-order valence-electron chi connectivity index (χ3n) is 3.83. The Balaban J connectivity index is 1.76. The smallest absolute Gasteiger partial charge is 0.0220 e. The van der Waals surface area contributed by atoms with Crippen LogP contribution >= 0.6 is 0 Å². The maximum atomic E-state index is 3.67. The molecule has 82 valence electrons. The number of hydrogen-bond acceptors (Lipinski definition) is 2. The third-order valence-corrected chi connectivity index (χ3v) is 3.83. The van der Waals surface area contributed by atoms with Crippen LogP contribution in [0.4, 0.5) is 0 Å². The van der Waals surface area contributed by atoms with Crippen molar-refractivity contribution in [1.29, 1.82) is 0 Å². The Morgan fingerprint density at radius 2 is 1.93 bits per heavy atom. The lowest BCUT2D eigenvalue weighted by molar-refractivity contribution is 0.168. The van der Waals surface area contributed by atoms with E-state index in [1.165, 1.54) is 58.3 Å². The second kappa shape index (κ2) is 5.13. The summed E-state index contributed by atoms with van der Waals surface area (Å²) in [5.41, 5.74) is 0. The van der Waals surface area contributed by atoms with Crippen LogP contribution < -0.4 is 5.32 Å². The summed E-state index contributed by atoms with van der Waals surface area (Å²) < 4.78 is 0. The summed E-state index contributed by atoms with van der Waals surface area (Å²) in [5, 5.41) is 3.67. The van der Waals surface area contributed by atoms with Crippen LogP contribution in [0.15, 0.2) is 0 Å². The number of piperidine rings is 2. The monoisotopic (exact) mass is 196 g/mol. The van der Waals surface area contributed by atoms with Crippen molar-refractivity contribution >= 4 is 0 Å². The van der Waals surface area contributed by atoms with E-state index in [9.17, 15) is 0 Å². The molecule has 0 aromatic heterocycles. The van der Waals surface area contributed by atoms with Crippen molar-refractivity contribution in [3.8, 4) is 0 Å². The summed E-state index contributed by atoms with van der Waals surface area (Å²) in [6.07, 6.45) is 7.08. The Hall–Kier alpha value is -0.0800. The van der Waals surface area contributed by atoms with Gasteiger partial charge in [-0.25, -0.2) is 0 Å². The van der Waals surface area contributed by atoms with Gasteiger partial charge in [0.25, 0.3) is 0 Å². The van der Waals surface area contributed by atoms with Gasteiger partial charge >= 0.3 is 0 Å². The SMILES string of the molecule is CC1CCCNC1CN1CCCCC1. The third kappa shape index (κ3) is 2.71. The first-order chi connectivity index (χ1) is 6.86. The van der Waals surface area contributed by atoms with E-state index in [1.54, 1.807) is 0 Å². The van der Waals surface area contributed by atoms with Crippen molar-refractivity contribution in [3.05, 3.63) is 0 Å². The maximum absolute atomic E-state index is 3.67. The molecule has 0 aliphatic carbocycles. The van der Waals surface area contributed by atoms with Crippen molar-refractivity contribution in [1.82, 2.24) is 10.2 Å². The molecule has 0 aromatic carbocycles. The lowest BCUT2D eigenvalue weighted by Gasteiger charge is -2.36. The van der Waals surface area contributed by atoms with Gasteiger partial charge in [0.1, 0.15) is 0 Å². The van der Waals surface area contributed by atoms with Crippen LogP contribution in [0.1, 0.15) is 39.0 Å². The minimum atomic E-state index is 0.766. The Labute approximate surface area is 88.1 Å². The van der Waals surface area contributed by atoms with Crippen LogP contribution in [0.5, 0.6) is 0 Å². The summed E-state index contributed by atoms with van der Waals surface area (Å²) in [6, 6.07) is 0.766. The Morgan fingerprint density at radius 1 is 1.14 bits per heavy atom. The van der Waals surface area contributed by atoms with Crippen molar-refractivity contribution < 1.29 is 0 Å². The topological polar surface area (TPSA) is 15.3 Å². The Bertz CT molecular complexity index is 164. The normalized spacial score (nSPS) is 35.8. The molecule has 2 aliphatic heterocycles. The fourth-order valence-electron chi connectivity index (χ4n) is 2.78. The van der Waals surface area contributed by atoms with Gasteiger partial charge in [-0.15, -0.1) is 0 Å². The van der Waals surface area contributed by atoms with Gasteiger partial charge in [0.2, 0.25) is 0 Å². The summed E-state index contributed by atoms with van der Waals surface area (Å²) in [4.78, 5) is 2.66. The predicted octanol–water partition coefficient (Wildman–Crippen LogP) is 1.86. The lowest BCUT2D eigenvalue weighted by Crippen LogP contribution is -2.49. The van der Waals surface area contributed by atoms with Crippen LogP contribution in [-0.4, -0.2) is 37.1 Å². The number of likely N-dealkylation sites (tertiary alicyclic amines) is 1. The molecule has 2 heteroatoms. The van der Waals surface area contributed by atoms with Gasteiger partial charge in [-0.2, -0.15) is 0 Å². The summed E-state index contributed by atoms with van der Waals surface area (Å²) in [6.45, 7) is 7.61. The molecule has 2 fully saturated rings. The van der Waals surface area contributed by atoms with E-state index in [2.05, 4.69) is 17.1 Å². The first-order valence-electron chi connectivity index (χ1n) is 6.32. The zero-order valence-electron chi connectivity index (χ0n) is 9.47. The number of nitrogens with one attached hydrogen (secondary N) is 1. The molecule has 2 rings (SSSR count). The van der Waals surface area contributed by atoms with Gasteiger partial charge in [-0.1, -0.05) is 13.3 Å². The first-order valence-corrected chi connectivity index (χ1v) is 6.32. The van der Waals surface area contributed by atoms with E-state index in [0.717, 1.165) is 12.0 Å². The van der Waals surface area contributed by atoms with Crippen molar-refractivity contribution in [3.63, 3.8) is 0 Å². The zero-order valence-corrected chi connectivity index (χ0v) is 9.47. The molecule has 2 saturated heterocycles. The van der Waals surface area contributed by atoms with Crippen molar-refractivity contribution in [2.75, 3.05) is 26.2 Å². The van der Waals surface area contributed by atoms with Gasteiger partial charge in [0.05, 0.1) is 0 Å². The van der Waals surface area contributed by atoms with Crippen LogP contribution in [-0.2, 0) is 0 Å². The molecule has 1 N–H and O–H groups in total. The first kappa shape index (κ1) is 10.4.